The van der Waals surface area contributed by atoms with E-state index in [4.69, 9.17) is 5.26 Å². The topological polar surface area (TPSA) is 27.0 Å². The second-order valence-corrected chi connectivity index (χ2v) is 5.82. The average molecular weight is 274 g/mol. The zero-order valence-electron chi connectivity index (χ0n) is 12.2. The first-order valence-electron chi connectivity index (χ1n) is 7.63. The maximum atomic E-state index is 13.4. The summed E-state index contributed by atoms with van der Waals surface area (Å²) in [4.78, 5) is 2.39. The molecule has 1 aromatic carbocycles. The van der Waals surface area contributed by atoms with Gasteiger partial charge in [0.1, 0.15) is 5.82 Å². The molecule has 1 aliphatic rings. The van der Waals surface area contributed by atoms with Gasteiger partial charge in [-0.3, -0.25) is 4.90 Å². The van der Waals surface area contributed by atoms with Gasteiger partial charge >= 0.3 is 0 Å². The molecular formula is C17H23FN2. The molecule has 1 saturated heterocycles. The summed E-state index contributed by atoms with van der Waals surface area (Å²) in [6, 6.07) is 6.67. The van der Waals surface area contributed by atoms with Crippen LogP contribution < -0.4 is 0 Å². The lowest BCUT2D eigenvalue weighted by Gasteiger charge is -2.20. The predicted molar refractivity (Wildman–Crippen MR) is 78.6 cm³/mol. The van der Waals surface area contributed by atoms with Crippen LogP contribution in [-0.2, 0) is 6.54 Å². The molecular weight excluding hydrogens is 251 g/mol. The molecule has 0 bridgehead atoms. The molecule has 1 aliphatic heterocycles. The van der Waals surface area contributed by atoms with Gasteiger partial charge < -0.3 is 0 Å². The van der Waals surface area contributed by atoms with Crippen molar-refractivity contribution in [2.24, 2.45) is 5.92 Å². The minimum Gasteiger partial charge on any atom is -0.299 e. The molecule has 2 nitrogen and oxygen atoms in total. The lowest BCUT2D eigenvalue weighted by Crippen LogP contribution is -2.24. The Kier molecular flexibility index (Phi) is 5.55. The smallest absolute Gasteiger partial charge is 0.124 e. The van der Waals surface area contributed by atoms with Gasteiger partial charge in [0, 0.05) is 6.54 Å². The molecule has 3 heteroatoms. The number of rotatable bonds is 4. The highest BCUT2D eigenvalue weighted by atomic mass is 19.1. The highest BCUT2D eigenvalue weighted by Crippen LogP contribution is 2.23. The standard InChI is InChI=1S/C17H23FN2/c1-2-4-14-5-3-7-20(8-6-14)13-16-9-15(12-19)10-17(18)11-16/h9-11,14H,2-8,13H2,1H3. The van der Waals surface area contributed by atoms with Crippen LogP contribution in [-0.4, -0.2) is 18.0 Å². The van der Waals surface area contributed by atoms with Crippen molar-refractivity contribution in [2.75, 3.05) is 13.1 Å². The van der Waals surface area contributed by atoms with Crippen molar-refractivity contribution in [3.63, 3.8) is 0 Å². The minimum atomic E-state index is -0.308. The largest absolute Gasteiger partial charge is 0.299 e. The van der Waals surface area contributed by atoms with Gasteiger partial charge in [0.2, 0.25) is 0 Å². The first-order valence-corrected chi connectivity index (χ1v) is 7.63. The Morgan fingerprint density at radius 3 is 2.90 bits per heavy atom. The van der Waals surface area contributed by atoms with Gasteiger partial charge in [0.15, 0.2) is 0 Å². The first-order chi connectivity index (χ1) is 9.71. The lowest BCUT2D eigenvalue weighted by molar-refractivity contribution is 0.271. The van der Waals surface area contributed by atoms with E-state index in [1.807, 2.05) is 6.07 Å². The van der Waals surface area contributed by atoms with Gasteiger partial charge in [-0.2, -0.15) is 5.26 Å². The Hall–Kier alpha value is -1.40. The molecule has 108 valence electrons. The summed E-state index contributed by atoms with van der Waals surface area (Å²) >= 11 is 0. The maximum absolute atomic E-state index is 13.4. The van der Waals surface area contributed by atoms with Crippen LogP contribution in [0.2, 0.25) is 0 Å². The van der Waals surface area contributed by atoms with E-state index in [0.717, 1.165) is 31.1 Å². The van der Waals surface area contributed by atoms with Gasteiger partial charge in [-0.15, -0.1) is 0 Å². The van der Waals surface area contributed by atoms with Crippen molar-refractivity contribution < 1.29 is 4.39 Å². The van der Waals surface area contributed by atoms with Crippen LogP contribution in [0.25, 0.3) is 0 Å². The summed E-state index contributed by atoms with van der Waals surface area (Å²) < 4.78 is 13.4. The molecule has 20 heavy (non-hydrogen) atoms. The summed E-state index contributed by atoms with van der Waals surface area (Å²) in [6.07, 6.45) is 6.38. The molecule has 0 N–H and O–H groups in total. The Bertz CT molecular complexity index is 478. The average Bonchev–Trinajstić information content (AvgIpc) is 2.64. The Morgan fingerprint density at radius 1 is 1.30 bits per heavy atom. The summed E-state index contributed by atoms with van der Waals surface area (Å²) in [5.74, 6) is 0.546. The molecule has 0 spiro atoms. The summed E-state index contributed by atoms with van der Waals surface area (Å²) in [6.45, 7) is 5.17. The third-order valence-electron chi connectivity index (χ3n) is 4.13. The maximum Gasteiger partial charge on any atom is 0.124 e. The third-order valence-corrected chi connectivity index (χ3v) is 4.13. The normalized spacial score (nSPS) is 20.4. The molecule has 0 aliphatic carbocycles. The van der Waals surface area contributed by atoms with E-state index in [1.54, 1.807) is 12.1 Å². The quantitative estimate of drug-likeness (QED) is 0.826. The van der Waals surface area contributed by atoms with Gasteiger partial charge in [-0.1, -0.05) is 19.8 Å². The van der Waals surface area contributed by atoms with E-state index >= 15 is 0 Å². The molecule has 1 aromatic rings. The molecule has 1 heterocycles. The van der Waals surface area contributed by atoms with Crippen LogP contribution in [0.3, 0.4) is 0 Å². The second-order valence-electron chi connectivity index (χ2n) is 5.82. The molecule has 0 radical (unpaired) electrons. The highest BCUT2D eigenvalue weighted by molar-refractivity contribution is 5.33. The molecule has 1 fully saturated rings. The van der Waals surface area contributed by atoms with E-state index in [9.17, 15) is 4.39 Å². The molecule has 1 atom stereocenters. The van der Waals surface area contributed by atoms with E-state index in [1.165, 1.54) is 38.2 Å². The fourth-order valence-electron chi connectivity index (χ4n) is 3.14. The van der Waals surface area contributed by atoms with Crippen molar-refractivity contribution in [3.8, 4) is 6.07 Å². The zero-order valence-corrected chi connectivity index (χ0v) is 12.2. The van der Waals surface area contributed by atoms with E-state index < -0.39 is 0 Å². The van der Waals surface area contributed by atoms with Crippen LogP contribution in [0.4, 0.5) is 4.39 Å². The number of nitriles is 1. The molecule has 0 aromatic heterocycles. The van der Waals surface area contributed by atoms with E-state index in [-0.39, 0.29) is 5.82 Å². The van der Waals surface area contributed by atoms with Gasteiger partial charge in [-0.25, -0.2) is 4.39 Å². The second kappa shape index (κ2) is 7.40. The minimum absolute atomic E-state index is 0.308. The van der Waals surface area contributed by atoms with Gasteiger partial charge in [0.25, 0.3) is 0 Å². The summed E-state index contributed by atoms with van der Waals surface area (Å²) in [5, 5.41) is 8.90. The van der Waals surface area contributed by atoms with Crippen molar-refractivity contribution in [1.82, 2.24) is 4.90 Å². The summed E-state index contributed by atoms with van der Waals surface area (Å²) in [5.41, 5.74) is 1.33. The van der Waals surface area contributed by atoms with Crippen LogP contribution in [0, 0.1) is 23.1 Å². The summed E-state index contributed by atoms with van der Waals surface area (Å²) in [7, 11) is 0. The number of benzene rings is 1. The molecule has 0 saturated carbocycles. The van der Waals surface area contributed by atoms with Crippen molar-refractivity contribution in [2.45, 2.75) is 45.6 Å². The lowest BCUT2D eigenvalue weighted by atomic mass is 9.96. The van der Waals surface area contributed by atoms with E-state index in [0.29, 0.717) is 5.56 Å². The van der Waals surface area contributed by atoms with Crippen molar-refractivity contribution >= 4 is 0 Å². The van der Waals surface area contributed by atoms with Crippen molar-refractivity contribution in [3.05, 3.63) is 35.1 Å². The Balaban J connectivity index is 1.96. The van der Waals surface area contributed by atoms with E-state index in [2.05, 4.69) is 11.8 Å². The number of hydrogen-bond donors (Lipinski definition) is 0. The van der Waals surface area contributed by atoms with Crippen LogP contribution in [0.5, 0.6) is 0 Å². The fraction of sp³-hybridized carbons (Fsp3) is 0.588. The number of halogens is 1. The predicted octanol–water partition coefficient (Wildman–Crippen LogP) is 4.10. The van der Waals surface area contributed by atoms with Crippen LogP contribution in [0.15, 0.2) is 18.2 Å². The molecule has 0 amide bonds. The number of likely N-dealkylation sites (tertiary alicyclic amines) is 1. The fourth-order valence-corrected chi connectivity index (χ4v) is 3.14. The molecule has 2 rings (SSSR count). The number of nitrogens with zero attached hydrogens (tertiary/aromatic N) is 2. The third kappa shape index (κ3) is 4.31. The zero-order chi connectivity index (χ0) is 14.4. The highest BCUT2D eigenvalue weighted by Gasteiger charge is 2.16. The molecule has 1 unspecified atom stereocenters. The Labute approximate surface area is 121 Å². The monoisotopic (exact) mass is 274 g/mol. The van der Waals surface area contributed by atoms with Crippen LogP contribution in [0.1, 0.15) is 50.2 Å². The van der Waals surface area contributed by atoms with Crippen LogP contribution >= 0.6 is 0 Å². The van der Waals surface area contributed by atoms with Crippen molar-refractivity contribution in [1.29, 1.82) is 5.26 Å². The Morgan fingerprint density at radius 2 is 2.15 bits per heavy atom. The first kappa shape index (κ1) is 15.0. The van der Waals surface area contributed by atoms with Gasteiger partial charge in [-0.05, 0) is 62.0 Å². The number of hydrogen-bond acceptors (Lipinski definition) is 2. The SMILES string of the molecule is CCCC1CCCN(Cc2cc(F)cc(C#N)c2)CC1. The van der Waals surface area contributed by atoms with Gasteiger partial charge in [0.05, 0.1) is 11.6 Å².